The zero-order chi connectivity index (χ0) is 23.2. The highest BCUT2D eigenvalue weighted by Crippen LogP contribution is 2.77. The summed E-state index contributed by atoms with van der Waals surface area (Å²) in [5.41, 5.74) is 1.35. The molecule has 0 aromatic carbocycles. The molecule has 1 heterocycles. The third-order valence-corrected chi connectivity index (χ3v) is 12.9. The highest BCUT2D eigenvalue weighted by Gasteiger charge is 2.73. The van der Waals surface area contributed by atoms with E-state index in [0.29, 0.717) is 28.1 Å². The van der Waals surface area contributed by atoms with E-state index in [0.717, 1.165) is 30.8 Å². The first-order valence-corrected chi connectivity index (χ1v) is 14.2. The van der Waals surface area contributed by atoms with Crippen LogP contribution in [0, 0.1) is 51.2 Å². The Bertz CT molecular complexity index is 728. The van der Waals surface area contributed by atoms with Crippen molar-refractivity contribution >= 4 is 0 Å². The molecule has 32 heavy (non-hydrogen) atoms. The second kappa shape index (κ2) is 7.46. The van der Waals surface area contributed by atoms with E-state index in [4.69, 9.17) is 4.74 Å². The maximum absolute atomic E-state index is 11.4. The minimum Gasteiger partial charge on any atom is -0.393 e. The first-order valence-electron chi connectivity index (χ1n) is 14.2. The fourth-order valence-corrected chi connectivity index (χ4v) is 11.1. The van der Waals surface area contributed by atoms with Crippen LogP contribution in [0.2, 0.25) is 0 Å². The number of rotatable bonds is 4. The van der Waals surface area contributed by atoms with Gasteiger partial charge in [0.2, 0.25) is 0 Å². The topological polar surface area (TPSA) is 29.5 Å². The maximum atomic E-state index is 11.4. The molecule has 0 radical (unpaired) electrons. The molecule has 1 N–H and O–H groups in total. The van der Waals surface area contributed by atoms with Crippen molar-refractivity contribution in [2.24, 2.45) is 51.2 Å². The van der Waals surface area contributed by atoms with E-state index < -0.39 is 0 Å². The van der Waals surface area contributed by atoms with Gasteiger partial charge in [-0.15, -0.1) is 0 Å². The molecule has 0 aromatic heterocycles. The van der Waals surface area contributed by atoms with Gasteiger partial charge in [0.05, 0.1) is 18.3 Å². The van der Waals surface area contributed by atoms with Crippen LogP contribution in [0.3, 0.4) is 0 Å². The van der Waals surface area contributed by atoms with E-state index in [1.165, 1.54) is 64.2 Å². The van der Waals surface area contributed by atoms with Crippen LogP contribution in [0.4, 0.5) is 0 Å². The molecule has 4 saturated carbocycles. The number of aliphatic hydroxyl groups excluding tert-OH is 1. The van der Waals surface area contributed by atoms with Gasteiger partial charge in [-0.25, -0.2) is 0 Å². The molecule has 0 amide bonds. The van der Waals surface area contributed by atoms with Crippen LogP contribution >= 0.6 is 0 Å². The molecule has 2 nitrogen and oxygen atoms in total. The Morgan fingerprint density at radius 3 is 2.31 bits per heavy atom. The number of ether oxygens (including phenoxy) is 1. The molecule has 5 rings (SSSR count). The quantitative estimate of drug-likeness (QED) is 0.483. The van der Waals surface area contributed by atoms with Crippen LogP contribution in [-0.2, 0) is 4.74 Å². The third kappa shape index (κ3) is 2.96. The van der Waals surface area contributed by atoms with Crippen molar-refractivity contribution in [3.8, 4) is 0 Å². The maximum Gasteiger partial charge on any atom is 0.0689 e. The average molecular weight is 445 g/mol. The van der Waals surface area contributed by atoms with E-state index in [1.807, 2.05) is 0 Å². The first-order chi connectivity index (χ1) is 14.9. The summed E-state index contributed by atoms with van der Waals surface area (Å²) in [5, 5.41) is 11.4. The molecule has 0 bridgehead atoms. The minimum absolute atomic E-state index is 0.0902. The van der Waals surface area contributed by atoms with Gasteiger partial charge in [0.1, 0.15) is 0 Å². The summed E-state index contributed by atoms with van der Waals surface area (Å²) in [7, 11) is 0. The van der Waals surface area contributed by atoms with Crippen LogP contribution in [0.1, 0.15) is 119 Å². The molecule has 1 unspecified atom stereocenters. The number of aliphatic hydroxyl groups is 1. The molecule has 2 heteroatoms. The van der Waals surface area contributed by atoms with Crippen LogP contribution < -0.4 is 0 Å². The Morgan fingerprint density at radius 2 is 1.59 bits per heavy atom. The molecule has 1 aliphatic heterocycles. The van der Waals surface area contributed by atoms with E-state index in [-0.39, 0.29) is 17.1 Å². The Balaban J connectivity index is 1.43. The van der Waals surface area contributed by atoms with Gasteiger partial charge in [-0.05, 0) is 111 Å². The molecule has 0 aromatic rings. The normalized spacial score (nSPS) is 54.1. The average Bonchev–Trinajstić information content (AvgIpc) is 3.18. The molecular formula is C30H52O2. The largest absolute Gasteiger partial charge is 0.393 e. The van der Waals surface area contributed by atoms with Crippen molar-refractivity contribution < 1.29 is 9.84 Å². The van der Waals surface area contributed by atoms with E-state index in [9.17, 15) is 5.11 Å². The summed E-state index contributed by atoms with van der Waals surface area (Å²) in [4.78, 5) is 0. The lowest BCUT2D eigenvalue weighted by Crippen LogP contribution is -2.63. The van der Waals surface area contributed by atoms with Crippen molar-refractivity contribution in [1.82, 2.24) is 0 Å². The van der Waals surface area contributed by atoms with Crippen molar-refractivity contribution in [3.05, 3.63) is 0 Å². The first kappa shape index (κ1) is 23.7. The van der Waals surface area contributed by atoms with Crippen molar-refractivity contribution in [1.29, 1.82) is 0 Å². The summed E-state index contributed by atoms with van der Waals surface area (Å²) in [6.07, 6.45) is 14.1. The van der Waals surface area contributed by atoms with Gasteiger partial charge >= 0.3 is 0 Å². The lowest BCUT2D eigenvalue weighted by molar-refractivity contribution is -0.216. The molecule has 9 atom stereocenters. The Kier molecular flexibility index (Phi) is 5.51. The number of fused-ring (bicyclic) bond motifs is 4. The van der Waals surface area contributed by atoms with Gasteiger partial charge in [-0.3, -0.25) is 0 Å². The van der Waals surface area contributed by atoms with E-state index in [1.54, 1.807) is 0 Å². The molecular weight excluding hydrogens is 392 g/mol. The third-order valence-electron chi connectivity index (χ3n) is 12.9. The van der Waals surface area contributed by atoms with E-state index in [2.05, 4.69) is 48.5 Å². The molecule has 1 saturated heterocycles. The van der Waals surface area contributed by atoms with Gasteiger partial charge in [-0.1, -0.05) is 54.4 Å². The van der Waals surface area contributed by atoms with Gasteiger partial charge in [0.25, 0.3) is 0 Å². The summed E-state index contributed by atoms with van der Waals surface area (Å²) in [5.74, 6) is 3.67. The van der Waals surface area contributed by atoms with Gasteiger partial charge in [0, 0.05) is 5.41 Å². The summed E-state index contributed by atoms with van der Waals surface area (Å²) >= 11 is 0. The second-order valence-electron chi connectivity index (χ2n) is 14.8. The number of hydrogen-bond acceptors (Lipinski definition) is 2. The molecule has 1 spiro atoms. The summed E-state index contributed by atoms with van der Waals surface area (Å²) < 4.78 is 6.83. The van der Waals surface area contributed by atoms with E-state index >= 15 is 0 Å². The fraction of sp³-hybridized carbons (Fsp3) is 1.00. The SMILES string of the molecule is CC(C)CCC[C@]1(C)OC[C@]23CC[C@H]4[C@@H](CC[C@H]5C(C)(C)CCC(O)[C@]45C)[C@]2(C)CC[C@@H]31. The van der Waals surface area contributed by atoms with Crippen LogP contribution in [0.25, 0.3) is 0 Å². The smallest absolute Gasteiger partial charge is 0.0689 e. The van der Waals surface area contributed by atoms with Gasteiger partial charge < -0.3 is 9.84 Å². The van der Waals surface area contributed by atoms with Crippen LogP contribution in [0.15, 0.2) is 0 Å². The Hall–Kier alpha value is -0.0800. The highest BCUT2D eigenvalue weighted by molar-refractivity contribution is 5.21. The highest BCUT2D eigenvalue weighted by atomic mass is 16.5. The Labute approximate surface area is 198 Å². The lowest BCUT2D eigenvalue weighted by Gasteiger charge is -2.67. The predicted octanol–water partition coefficient (Wildman–Crippen LogP) is 7.63. The minimum atomic E-state index is -0.107. The van der Waals surface area contributed by atoms with Gasteiger partial charge in [-0.2, -0.15) is 0 Å². The van der Waals surface area contributed by atoms with Crippen molar-refractivity contribution in [2.45, 2.75) is 131 Å². The lowest BCUT2D eigenvalue weighted by atomic mass is 9.37. The predicted molar refractivity (Wildman–Crippen MR) is 132 cm³/mol. The standard InChI is InChI=1S/C30H52O2/c1-20(2)9-8-15-28(6)24-13-17-27(5)21-10-11-23-26(3,4)16-14-25(31)29(23,7)22(21)12-18-30(24,27)19-32-28/h20-25,31H,8-19H2,1-7H3/t21-,22+,23+,24-,25?,27+,28+,29-,30+/m1/s1. The molecule has 5 fully saturated rings. The summed E-state index contributed by atoms with van der Waals surface area (Å²) in [6, 6.07) is 0. The summed E-state index contributed by atoms with van der Waals surface area (Å²) in [6.45, 7) is 18.3. The van der Waals surface area contributed by atoms with Crippen molar-refractivity contribution in [3.63, 3.8) is 0 Å². The Morgan fingerprint density at radius 1 is 0.844 bits per heavy atom. The number of hydrogen-bond donors (Lipinski definition) is 1. The van der Waals surface area contributed by atoms with Crippen molar-refractivity contribution in [2.75, 3.05) is 6.61 Å². The van der Waals surface area contributed by atoms with Gasteiger partial charge in [0.15, 0.2) is 0 Å². The monoisotopic (exact) mass is 444 g/mol. The fourth-order valence-electron chi connectivity index (χ4n) is 11.1. The molecule has 5 aliphatic rings. The van der Waals surface area contributed by atoms with Crippen LogP contribution in [0.5, 0.6) is 0 Å². The van der Waals surface area contributed by atoms with Crippen LogP contribution in [-0.4, -0.2) is 23.4 Å². The molecule has 184 valence electrons. The zero-order valence-electron chi connectivity index (χ0n) is 22.3. The molecule has 4 aliphatic carbocycles. The second-order valence-corrected chi connectivity index (χ2v) is 14.8. The zero-order valence-corrected chi connectivity index (χ0v) is 22.3.